The molecular formula is C17H14FN3. The summed E-state index contributed by atoms with van der Waals surface area (Å²) >= 11 is 0. The Bertz CT molecular complexity index is 806. The lowest BCUT2D eigenvalue weighted by atomic mass is 9.99. The molecule has 2 aromatic carbocycles. The van der Waals surface area contributed by atoms with Crippen LogP contribution < -0.4 is 5.84 Å². The summed E-state index contributed by atoms with van der Waals surface area (Å²) < 4.78 is 13.3. The lowest BCUT2D eigenvalue weighted by Crippen LogP contribution is -2.09. The predicted molar refractivity (Wildman–Crippen MR) is 82.6 cm³/mol. The number of aromatic nitrogens is 1. The molecule has 0 aliphatic heterocycles. The second kappa shape index (κ2) is 5.71. The van der Waals surface area contributed by atoms with Crippen molar-refractivity contribution in [3.05, 3.63) is 77.7 Å². The van der Waals surface area contributed by atoms with E-state index in [9.17, 15) is 4.39 Å². The van der Waals surface area contributed by atoms with Crippen molar-refractivity contribution in [2.45, 2.75) is 6.42 Å². The van der Waals surface area contributed by atoms with Crippen molar-refractivity contribution in [1.29, 1.82) is 0 Å². The van der Waals surface area contributed by atoms with Crippen molar-refractivity contribution in [2.75, 3.05) is 0 Å². The van der Waals surface area contributed by atoms with Crippen molar-refractivity contribution in [2.24, 2.45) is 10.9 Å². The Kier molecular flexibility index (Phi) is 3.60. The zero-order valence-electron chi connectivity index (χ0n) is 11.3. The molecule has 3 nitrogen and oxygen atoms in total. The van der Waals surface area contributed by atoms with Gasteiger partial charge in [-0.05, 0) is 29.8 Å². The fourth-order valence-corrected chi connectivity index (χ4v) is 2.38. The maximum absolute atomic E-state index is 13.3. The Hall–Kier alpha value is -2.75. The van der Waals surface area contributed by atoms with E-state index in [0.717, 1.165) is 16.5 Å². The number of pyridine rings is 1. The van der Waals surface area contributed by atoms with Gasteiger partial charge in [-0.1, -0.05) is 30.3 Å². The van der Waals surface area contributed by atoms with E-state index in [2.05, 4.69) is 10.1 Å². The molecule has 0 saturated carbocycles. The summed E-state index contributed by atoms with van der Waals surface area (Å²) in [6.07, 6.45) is 2.29. The van der Waals surface area contributed by atoms with Crippen LogP contribution in [0.2, 0.25) is 0 Å². The first-order chi connectivity index (χ1) is 10.3. The SMILES string of the molecule is NN=C(Cc1ccnc2ccccc12)c1cccc(F)c1. The number of benzene rings is 2. The predicted octanol–water partition coefficient (Wildman–Crippen LogP) is 3.28. The van der Waals surface area contributed by atoms with E-state index in [-0.39, 0.29) is 5.82 Å². The summed E-state index contributed by atoms with van der Waals surface area (Å²) in [5.41, 5.74) is 3.32. The van der Waals surface area contributed by atoms with Crippen LogP contribution in [-0.2, 0) is 6.42 Å². The minimum absolute atomic E-state index is 0.298. The monoisotopic (exact) mass is 279 g/mol. The highest BCUT2D eigenvalue weighted by Gasteiger charge is 2.09. The molecule has 0 radical (unpaired) electrons. The molecule has 0 saturated heterocycles. The van der Waals surface area contributed by atoms with Crippen LogP contribution in [0.5, 0.6) is 0 Å². The third-order valence-electron chi connectivity index (χ3n) is 3.41. The van der Waals surface area contributed by atoms with Gasteiger partial charge in [0.25, 0.3) is 0 Å². The van der Waals surface area contributed by atoms with Gasteiger partial charge in [-0.2, -0.15) is 5.10 Å². The number of hydrogen-bond donors (Lipinski definition) is 1. The van der Waals surface area contributed by atoms with Gasteiger partial charge in [-0.3, -0.25) is 4.98 Å². The second-order valence-electron chi connectivity index (χ2n) is 4.75. The van der Waals surface area contributed by atoms with Crippen molar-refractivity contribution in [3.63, 3.8) is 0 Å². The molecule has 2 N–H and O–H groups in total. The number of nitrogens with zero attached hydrogens (tertiary/aromatic N) is 2. The molecule has 4 heteroatoms. The normalized spacial score (nSPS) is 11.8. The van der Waals surface area contributed by atoms with E-state index in [1.807, 2.05) is 30.3 Å². The fraction of sp³-hybridized carbons (Fsp3) is 0.0588. The van der Waals surface area contributed by atoms with E-state index in [4.69, 9.17) is 5.84 Å². The van der Waals surface area contributed by atoms with Gasteiger partial charge < -0.3 is 5.84 Å². The molecule has 0 aliphatic rings. The molecule has 0 unspecified atom stereocenters. The van der Waals surface area contributed by atoms with Gasteiger partial charge in [0.1, 0.15) is 5.82 Å². The Morgan fingerprint density at radius 3 is 2.76 bits per heavy atom. The standard InChI is InChI=1S/C17H14FN3/c18-14-5-3-4-13(10-14)17(21-19)11-12-8-9-20-16-7-2-1-6-15(12)16/h1-10H,11,19H2. The van der Waals surface area contributed by atoms with Crippen molar-refractivity contribution in [3.8, 4) is 0 Å². The van der Waals surface area contributed by atoms with E-state index in [1.54, 1.807) is 18.3 Å². The first-order valence-electron chi connectivity index (χ1n) is 6.63. The maximum Gasteiger partial charge on any atom is 0.123 e. The number of para-hydroxylation sites is 1. The van der Waals surface area contributed by atoms with E-state index >= 15 is 0 Å². The molecule has 21 heavy (non-hydrogen) atoms. The molecule has 0 fully saturated rings. The molecular weight excluding hydrogens is 265 g/mol. The Morgan fingerprint density at radius 1 is 1.10 bits per heavy atom. The zero-order valence-corrected chi connectivity index (χ0v) is 11.3. The van der Waals surface area contributed by atoms with Crippen LogP contribution in [0.1, 0.15) is 11.1 Å². The van der Waals surface area contributed by atoms with Gasteiger partial charge in [-0.25, -0.2) is 4.39 Å². The average molecular weight is 279 g/mol. The van der Waals surface area contributed by atoms with Crippen LogP contribution in [0.3, 0.4) is 0 Å². The Labute approximate surface area is 121 Å². The lowest BCUT2D eigenvalue weighted by Gasteiger charge is -2.08. The molecule has 0 atom stereocenters. The highest BCUT2D eigenvalue weighted by molar-refractivity contribution is 6.03. The minimum atomic E-state index is -0.298. The van der Waals surface area contributed by atoms with Crippen LogP contribution in [0.15, 0.2) is 65.9 Å². The largest absolute Gasteiger partial charge is 0.323 e. The molecule has 3 aromatic rings. The third kappa shape index (κ3) is 2.74. The van der Waals surface area contributed by atoms with E-state index in [1.165, 1.54) is 12.1 Å². The summed E-state index contributed by atoms with van der Waals surface area (Å²) in [4.78, 5) is 4.33. The van der Waals surface area contributed by atoms with Gasteiger partial charge >= 0.3 is 0 Å². The summed E-state index contributed by atoms with van der Waals surface area (Å²) in [6, 6.07) is 16.1. The highest BCUT2D eigenvalue weighted by atomic mass is 19.1. The Balaban J connectivity index is 2.01. The highest BCUT2D eigenvalue weighted by Crippen LogP contribution is 2.18. The van der Waals surface area contributed by atoms with E-state index < -0.39 is 0 Å². The molecule has 1 aromatic heterocycles. The second-order valence-corrected chi connectivity index (χ2v) is 4.75. The quantitative estimate of drug-likeness (QED) is 0.454. The number of hydrogen-bond acceptors (Lipinski definition) is 3. The van der Waals surface area contributed by atoms with Crippen molar-refractivity contribution < 1.29 is 4.39 Å². The number of nitrogens with two attached hydrogens (primary N) is 1. The van der Waals surface area contributed by atoms with Gasteiger partial charge in [0.15, 0.2) is 0 Å². The lowest BCUT2D eigenvalue weighted by molar-refractivity contribution is 0.627. The molecule has 3 rings (SSSR count). The topological polar surface area (TPSA) is 51.3 Å². The Morgan fingerprint density at radius 2 is 1.95 bits per heavy atom. The minimum Gasteiger partial charge on any atom is -0.323 e. The van der Waals surface area contributed by atoms with Gasteiger partial charge in [0, 0.05) is 23.6 Å². The molecule has 0 aliphatic carbocycles. The molecule has 0 bridgehead atoms. The first-order valence-corrected chi connectivity index (χ1v) is 6.63. The summed E-state index contributed by atoms with van der Waals surface area (Å²) in [5.74, 6) is 5.20. The third-order valence-corrected chi connectivity index (χ3v) is 3.41. The smallest absolute Gasteiger partial charge is 0.123 e. The number of fused-ring (bicyclic) bond motifs is 1. The number of rotatable bonds is 3. The summed E-state index contributed by atoms with van der Waals surface area (Å²) in [5, 5.41) is 4.88. The van der Waals surface area contributed by atoms with Crippen LogP contribution in [0, 0.1) is 5.82 Å². The van der Waals surface area contributed by atoms with Gasteiger partial charge in [0.05, 0.1) is 11.2 Å². The zero-order chi connectivity index (χ0) is 14.7. The molecule has 0 amide bonds. The van der Waals surface area contributed by atoms with Crippen LogP contribution in [0.25, 0.3) is 10.9 Å². The fourth-order valence-electron chi connectivity index (χ4n) is 2.38. The van der Waals surface area contributed by atoms with Crippen LogP contribution in [0.4, 0.5) is 4.39 Å². The number of halogens is 1. The molecule has 0 spiro atoms. The van der Waals surface area contributed by atoms with Gasteiger partial charge in [-0.15, -0.1) is 0 Å². The molecule has 1 heterocycles. The van der Waals surface area contributed by atoms with Gasteiger partial charge in [0.2, 0.25) is 0 Å². The van der Waals surface area contributed by atoms with Crippen molar-refractivity contribution >= 4 is 16.6 Å². The summed E-state index contributed by atoms with van der Waals surface area (Å²) in [7, 11) is 0. The molecule has 104 valence electrons. The first kappa shape index (κ1) is 13.2. The van der Waals surface area contributed by atoms with Crippen molar-refractivity contribution in [1.82, 2.24) is 4.98 Å². The summed E-state index contributed by atoms with van der Waals surface area (Å²) in [6.45, 7) is 0. The van der Waals surface area contributed by atoms with Crippen LogP contribution >= 0.6 is 0 Å². The maximum atomic E-state index is 13.3. The number of hydrazone groups is 1. The average Bonchev–Trinajstić information content (AvgIpc) is 2.52. The van der Waals surface area contributed by atoms with E-state index in [0.29, 0.717) is 17.7 Å². The van der Waals surface area contributed by atoms with Crippen LogP contribution in [-0.4, -0.2) is 10.7 Å².